The van der Waals surface area contributed by atoms with Crippen LogP contribution in [0.1, 0.15) is 39.0 Å². The molecule has 0 aliphatic rings. The number of halogens is 1. The topological polar surface area (TPSA) is 20.3 Å². The van der Waals surface area contributed by atoms with Crippen LogP contribution in [0.4, 0.5) is 0 Å². The molecule has 13 heavy (non-hydrogen) atoms. The first-order valence-electron chi connectivity index (χ1n) is 5.02. The van der Waals surface area contributed by atoms with Crippen molar-refractivity contribution in [1.82, 2.24) is 4.90 Å². The van der Waals surface area contributed by atoms with Crippen LogP contribution in [0.25, 0.3) is 0 Å². The first-order valence-corrected chi connectivity index (χ1v) is 6.14. The molecule has 0 aromatic heterocycles. The zero-order valence-electron chi connectivity index (χ0n) is 8.68. The zero-order chi connectivity index (χ0) is 10.1. The van der Waals surface area contributed by atoms with E-state index in [9.17, 15) is 4.79 Å². The summed E-state index contributed by atoms with van der Waals surface area (Å²) in [5, 5.41) is 1.07. The number of nitrogens with zero attached hydrogens (tertiary/aromatic N) is 1. The van der Waals surface area contributed by atoms with Crippen molar-refractivity contribution in [2.24, 2.45) is 0 Å². The SMILES string of the molecule is CCCC(=O)N(C)CCCCCBr. The molecule has 0 spiro atoms. The van der Waals surface area contributed by atoms with Crippen LogP contribution < -0.4 is 0 Å². The molecule has 0 atom stereocenters. The van der Waals surface area contributed by atoms with Gasteiger partial charge in [0.05, 0.1) is 0 Å². The lowest BCUT2D eigenvalue weighted by Crippen LogP contribution is -2.27. The van der Waals surface area contributed by atoms with Crippen LogP contribution in [0, 0.1) is 0 Å². The quantitative estimate of drug-likeness (QED) is 0.502. The van der Waals surface area contributed by atoms with Gasteiger partial charge in [-0.2, -0.15) is 0 Å². The molecule has 0 rings (SSSR count). The normalized spacial score (nSPS) is 10.1. The largest absolute Gasteiger partial charge is 0.346 e. The summed E-state index contributed by atoms with van der Waals surface area (Å²) < 4.78 is 0. The van der Waals surface area contributed by atoms with E-state index < -0.39 is 0 Å². The number of hydrogen-bond donors (Lipinski definition) is 0. The Kier molecular flexibility index (Phi) is 8.51. The Morgan fingerprint density at radius 3 is 2.54 bits per heavy atom. The highest BCUT2D eigenvalue weighted by molar-refractivity contribution is 9.09. The van der Waals surface area contributed by atoms with Crippen molar-refractivity contribution in [3.8, 4) is 0 Å². The van der Waals surface area contributed by atoms with Crippen LogP contribution in [0.3, 0.4) is 0 Å². The second kappa shape index (κ2) is 8.54. The molecule has 78 valence electrons. The Morgan fingerprint density at radius 2 is 2.00 bits per heavy atom. The summed E-state index contributed by atoms with van der Waals surface area (Å²) in [6, 6.07) is 0. The van der Waals surface area contributed by atoms with Gasteiger partial charge < -0.3 is 4.90 Å². The van der Waals surface area contributed by atoms with Crippen LogP contribution in [-0.4, -0.2) is 29.7 Å². The third kappa shape index (κ3) is 7.05. The smallest absolute Gasteiger partial charge is 0.222 e. The summed E-state index contributed by atoms with van der Waals surface area (Å²) in [6.07, 6.45) is 5.17. The summed E-state index contributed by atoms with van der Waals surface area (Å²) >= 11 is 3.39. The monoisotopic (exact) mass is 249 g/mol. The Bertz CT molecular complexity index is 139. The molecule has 0 aromatic rings. The van der Waals surface area contributed by atoms with Gasteiger partial charge >= 0.3 is 0 Å². The lowest BCUT2D eigenvalue weighted by molar-refractivity contribution is -0.129. The van der Waals surface area contributed by atoms with E-state index in [2.05, 4.69) is 15.9 Å². The molecule has 0 aromatic carbocycles. The van der Waals surface area contributed by atoms with Crippen LogP contribution in [0.5, 0.6) is 0 Å². The third-order valence-corrected chi connectivity index (χ3v) is 2.58. The van der Waals surface area contributed by atoms with Gasteiger partial charge in [0.25, 0.3) is 0 Å². The summed E-state index contributed by atoms with van der Waals surface area (Å²) in [6.45, 7) is 2.95. The molecule has 0 saturated heterocycles. The minimum Gasteiger partial charge on any atom is -0.346 e. The van der Waals surface area contributed by atoms with Crippen molar-refractivity contribution in [1.29, 1.82) is 0 Å². The molecule has 1 amide bonds. The number of rotatable bonds is 7. The summed E-state index contributed by atoms with van der Waals surface area (Å²) in [5.41, 5.74) is 0. The van der Waals surface area contributed by atoms with Gasteiger partial charge in [0, 0.05) is 25.3 Å². The molecular formula is C10H20BrNO. The van der Waals surface area contributed by atoms with Crippen LogP contribution in [0.2, 0.25) is 0 Å². The van der Waals surface area contributed by atoms with Gasteiger partial charge in [-0.15, -0.1) is 0 Å². The minimum atomic E-state index is 0.279. The van der Waals surface area contributed by atoms with E-state index in [1.54, 1.807) is 0 Å². The molecule has 0 saturated carbocycles. The fraction of sp³-hybridized carbons (Fsp3) is 0.900. The predicted octanol–water partition coefficient (Wildman–Crippen LogP) is 2.81. The summed E-state index contributed by atoms with van der Waals surface area (Å²) in [7, 11) is 1.89. The van der Waals surface area contributed by atoms with E-state index in [0.717, 1.165) is 24.7 Å². The molecule has 2 nitrogen and oxygen atoms in total. The minimum absolute atomic E-state index is 0.279. The Morgan fingerprint density at radius 1 is 1.31 bits per heavy atom. The maximum atomic E-state index is 11.3. The molecule has 0 radical (unpaired) electrons. The second-order valence-corrected chi connectivity index (χ2v) is 4.11. The molecule has 0 fully saturated rings. The van der Waals surface area contributed by atoms with Crippen molar-refractivity contribution in [3.05, 3.63) is 0 Å². The van der Waals surface area contributed by atoms with Crippen molar-refractivity contribution >= 4 is 21.8 Å². The standard InChI is InChI=1S/C10H20BrNO/c1-3-7-10(13)12(2)9-6-4-5-8-11/h3-9H2,1-2H3. The Balaban J connectivity index is 3.38. The first-order chi connectivity index (χ1) is 6.22. The number of alkyl halides is 1. The summed E-state index contributed by atoms with van der Waals surface area (Å²) in [5.74, 6) is 0.279. The first kappa shape index (κ1) is 12.9. The van der Waals surface area contributed by atoms with E-state index in [1.807, 2.05) is 18.9 Å². The average molecular weight is 250 g/mol. The van der Waals surface area contributed by atoms with Crippen LogP contribution in [0.15, 0.2) is 0 Å². The Labute approximate surface area is 89.8 Å². The predicted molar refractivity (Wildman–Crippen MR) is 60.2 cm³/mol. The Hall–Kier alpha value is -0.0500. The molecule has 0 unspecified atom stereocenters. The molecule has 3 heteroatoms. The number of hydrogen-bond acceptors (Lipinski definition) is 1. The maximum absolute atomic E-state index is 11.3. The van der Waals surface area contributed by atoms with Crippen molar-refractivity contribution in [2.45, 2.75) is 39.0 Å². The highest BCUT2D eigenvalue weighted by atomic mass is 79.9. The number of amides is 1. The number of unbranched alkanes of at least 4 members (excludes halogenated alkanes) is 2. The second-order valence-electron chi connectivity index (χ2n) is 3.31. The average Bonchev–Trinajstić information content (AvgIpc) is 2.12. The molecule has 0 aliphatic heterocycles. The van der Waals surface area contributed by atoms with E-state index in [4.69, 9.17) is 0 Å². The van der Waals surface area contributed by atoms with Gasteiger partial charge in [0.15, 0.2) is 0 Å². The molecule has 0 aliphatic carbocycles. The van der Waals surface area contributed by atoms with Gasteiger partial charge in [-0.3, -0.25) is 4.79 Å². The fourth-order valence-corrected chi connectivity index (χ4v) is 1.55. The van der Waals surface area contributed by atoms with Gasteiger partial charge in [-0.1, -0.05) is 29.3 Å². The van der Waals surface area contributed by atoms with E-state index >= 15 is 0 Å². The van der Waals surface area contributed by atoms with E-state index in [-0.39, 0.29) is 5.91 Å². The zero-order valence-corrected chi connectivity index (χ0v) is 10.3. The van der Waals surface area contributed by atoms with Gasteiger partial charge in [-0.25, -0.2) is 0 Å². The third-order valence-electron chi connectivity index (χ3n) is 2.02. The van der Waals surface area contributed by atoms with Crippen molar-refractivity contribution in [2.75, 3.05) is 18.9 Å². The van der Waals surface area contributed by atoms with Crippen LogP contribution >= 0.6 is 15.9 Å². The summed E-state index contributed by atoms with van der Waals surface area (Å²) in [4.78, 5) is 13.2. The number of carbonyl (C=O) groups excluding carboxylic acids is 1. The maximum Gasteiger partial charge on any atom is 0.222 e. The van der Waals surface area contributed by atoms with E-state index in [0.29, 0.717) is 6.42 Å². The van der Waals surface area contributed by atoms with Gasteiger partial charge in [0.2, 0.25) is 5.91 Å². The van der Waals surface area contributed by atoms with Gasteiger partial charge in [-0.05, 0) is 19.3 Å². The van der Waals surface area contributed by atoms with Gasteiger partial charge in [0.1, 0.15) is 0 Å². The van der Waals surface area contributed by atoms with Crippen molar-refractivity contribution < 1.29 is 4.79 Å². The molecular weight excluding hydrogens is 230 g/mol. The molecule has 0 N–H and O–H groups in total. The lowest BCUT2D eigenvalue weighted by Gasteiger charge is -2.16. The fourth-order valence-electron chi connectivity index (χ4n) is 1.15. The highest BCUT2D eigenvalue weighted by Crippen LogP contribution is 2.01. The van der Waals surface area contributed by atoms with Crippen molar-refractivity contribution in [3.63, 3.8) is 0 Å². The van der Waals surface area contributed by atoms with E-state index in [1.165, 1.54) is 12.8 Å². The molecule has 0 bridgehead atoms. The highest BCUT2D eigenvalue weighted by Gasteiger charge is 2.05. The lowest BCUT2D eigenvalue weighted by atomic mass is 10.2. The number of carbonyl (C=O) groups is 1. The van der Waals surface area contributed by atoms with Crippen LogP contribution in [-0.2, 0) is 4.79 Å². The molecule has 0 heterocycles.